The van der Waals surface area contributed by atoms with Gasteiger partial charge in [-0.05, 0) is 43.0 Å². The first-order valence-corrected chi connectivity index (χ1v) is 9.37. The maximum atomic E-state index is 12.9. The fraction of sp³-hybridized carbons (Fsp3) is 0.550. The monoisotopic (exact) mass is 357 g/mol. The molecule has 1 aromatic carbocycles. The van der Waals surface area contributed by atoms with Gasteiger partial charge in [-0.3, -0.25) is 14.4 Å². The standard InChI is InChI=1S/C20H27N3O3/c1-13(2)19(25)21-17-5-4-9-22(12-17)20(26)16-6-7-18-15(11-16)8-10-23(18)14(3)24/h6-7,11,13,17H,4-5,8-10,12H2,1-3H3,(H,21,25)/t17-/m1/s1. The Morgan fingerprint density at radius 2 is 1.96 bits per heavy atom. The number of carbonyl (C=O) groups excluding carboxylic acids is 3. The van der Waals surface area contributed by atoms with E-state index in [9.17, 15) is 14.4 Å². The molecule has 0 aliphatic carbocycles. The van der Waals surface area contributed by atoms with Gasteiger partial charge in [0.2, 0.25) is 11.8 Å². The van der Waals surface area contributed by atoms with Gasteiger partial charge in [-0.25, -0.2) is 0 Å². The number of anilines is 1. The van der Waals surface area contributed by atoms with E-state index in [2.05, 4.69) is 5.32 Å². The number of benzene rings is 1. The lowest BCUT2D eigenvalue weighted by Crippen LogP contribution is -2.50. The van der Waals surface area contributed by atoms with Gasteiger partial charge in [0, 0.05) is 49.8 Å². The van der Waals surface area contributed by atoms with Crippen molar-refractivity contribution in [2.24, 2.45) is 5.92 Å². The van der Waals surface area contributed by atoms with Gasteiger partial charge < -0.3 is 15.1 Å². The lowest BCUT2D eigenvalue weighted by Gasteiger charge is -2.33. The molecule has 2 aliphatic rings. The first-order valence-electron chi connectivity index (χ1n) is 9.37. The number of amides is 3. The van der Waals surface area contributed by atoms with Crippen LogP contribution in [-0.2, 0) is 16.0 Å². The number of rotatable bonds is 3. The van der Waals surface area contributed by atoms with Crippen molar-refractivity contribution in [1.82, 2.24) is 10.2 Å². The van der Waals surface area contributed by atoms with Crippen LogP contribution >= 0.6 is 0 Å². The molecular weight excluding hydrogens is 330 g/mol. The van der Waals surface area contributed by atoms with Crippen LogP contribution in [0.25, 0.3) is 0 Å². The van der Waals surface area contributed by atoms with Gasteiger partial charge >= 0.3 is 0 Å². The molecule has 1 atom stereocenters. The third-order valence-electron chi connectivity index (χ3n) is 5.18. The molecule has 1 saturated heterocycles. The summed E-state index contributed by atoms with van der Waals surface area (Å²) < 4.78 is 0. The molecule has 140 valence electrons. The lowest BCUT2D eigenvalue weighted by molar-refractivity contribution is -0.125. The van der Waals surface area contributed by atoms with E-state index in [1.807, 2.05) is 30.9 Å². The zero-order chi connectivity index (χ0) is 18.8. The van der Waals surface area contributed by atoms with Gasteiger partial charge in [0.1, 0.15) is 0 Å². The molecule has 0 radical (unpaired) electrons. The van der Waals surface area contributed by atoms with Gasteiger partial charge in [-0.1, -0.05) is 13.8 Å². The molecule has 2 aliphatic heterocycles. The van der Waals surface area contributed by atoms with Crippen LogP contribution in [0, 0.1) is 5.92 Å². The highest BCUT2D eigenvalue weighted by atomic mass is 16.2. The van der Waals surface area contributed by atoms with E-state index in [4.69, 9.17) is 0 Å². The van der Waals surface area contributed by atoms with E-state index < -0.39 is 0 Å². The Hall–Kier alpha value is -2.37. The zero-order valence-electron chi connectivity index (χ0n) is 15.7. The van der Waals surface area contributed by atoms with Crippen molar-refractivity contribution in [2.75, 3.05) is 24.5 Å². The Balaban J connectivity index is 1.69. The van der Waals surface area contributed by atoms with Crippen LogP contribution in [0.1, 0.15) is 49.5 Å². The van der Waals surface area contributed by atoms with Crippen molar-refractivity contribution >= 4 is 23.4 Å². The van der Waals surface area contributed by atoms with E-state index in [0.717, 1.165) is 30.5 Å². The van der Waals surface area contributed by atoms with Crippen molar-refractivity contribution in [3.8, 4) is 0 Å². The average Bonchev–Trinajstić information content (AvgIpc) is 3.04. The normalized spacial score (nSPS) is 19.5. The average molecular weight is 357 g/mol. The lowest BCUT2D eigenvalue weighted by atomic mass is 10.0. The van der Waals surface area contributed by atoms with Crippen LogP contribution in [0.4, 0.5) is 5.69 Å². The Morgan fingerprint density at radius 3 is 2.65 bits per heavy atom. The molecule has 0 aromatic heterocycles. The molecular formula is C20H27N3O3. The van der Waals surface area contributed by atoms with E-state index >= 15 is 0 Å². The number of carbonyl (C=O) groups is 3. The SMILES string of the molecule is CC(=O)N1CCc2cc(C(=O)N3CCC[C@@H](NC(=O)C(C)C)C3)ccc21. The minimum Gasteiger partial charge on any atom is -0.351 e. The van der Waals surface area contributed by atoms with Crippen LogP contribution in [0.5, 0.6) is 0 Å². The van der Waals surface area contributed by atoms with Crippen molar-refractivity contribution in [3.05, 3.63) is 29.3 Å². The van der Waals surface area contributed by atoms with Gasteiger partial charge in [0.05, 0.1) is 0 Å². The molecule has 0 spiro atoms. The van der Waals surface area contributed by atoms with E-state index in [-0.39, 0.29) is 29.7 Å². The van der Waals surface area contributed by atoms with Crippen LogP contribution in [0.2, 0.25) is 0 Å². The summed E-state index contributed by atoms with van der Waals surface area (Å²) in [4.78, 5) is 40.1. The van der Waals surface area contributed by atoms with Crippen molar-refractivity contribution < 1.29 is 14.4 Å². The third kappa shape index (κ3) is 3.74. The fourth-order valence-electron chi connectivity index (χ4n) is 3.69. The minimum absolute atomic E-state index is 0.00225. The molecule has 1 fully saturated rings. The summed E-state index contributed by atoms with van der Waals surface area (Å²) in [6.45, 7) is 7.24. The van der Waals surface area contributed by atoms with Gasteiger partial charge in [-0.2, -0.15) is 0 Å². The Kier molecular flexibility index (Phi) is 5.30. The van der Waals surface area contributed by atoms with E-state index in [1.54, 1.807) is 17.9 Å². The van der Waals surface area contributed by atoms with Crippen LogP contribution in [-0.4, -0.2) is 48.3 Å². The maximum absolute atomic E-state index is 12.9. The van der Waals surface area contributed by atoms with Crippen molar-refractivity contribution in [3.63, 3.8) is 0 Å². The topological polar surface area (TPSA) is 69.7 Å². The molecule has 0 unspecified atom stereocenters. The quantitative estimate of drug-likeness (QED) is 0.899. The number of nitrogens with one attached hydrogen (secondary N) is 1. The molecule has 2 heterocycles. The molecule has 1 aromatic rings. The second-order valence-corrected chi connectivity index (χ2v) is 7.52. The summed E-state index contributed by atoms with van der Waals surface area (Å²) >= 11 is 0. The van der Waals surface area contributed by atoms with Crippen molar-refractivity contribution in [2.45, 2.75) is 46.1 Å². The van der Waals surface area contributed by atoms with Gasteiger partial charge in [-0.15, -0.1) is 0 Å². The van der Waals surface area contributed by atoms with E-state index in [0.29, 0.717) is 25.2 Å². The number of piperidine rings is 1. The Labute approximate surface area is 154 Å². The number of likely N-dealkylation sites (tertiary alicyclic amines) is 1. The summed E-state index contributed by atoms with van der Waals surface area (Å²) in [6.07, 6.45) is 2.57. The highest BCUT2D eigenvalue weighted by Gasteiger charge is 2.28. The second-order valence-electron chi connectivity index (χ2n) is 7.52. The largest absolute Gasteiger partial charge is 0.351 e. The van der Waals surface area contributed by atoms with Crippen molar-refractivity contribution in [1.29, 1.82) is 0 Å². The van der Waals surface area contributed by atoms with Gasteiger partial charge in [0.15, 0.2) is 0 Å². The summed E-state index contributed by atoms with van der Waals surface area (Å²) in [5.41, 5.74) is 2.62. The molecule has 3 amide bonds. The highest BCUT2D eigenvalue weighted by molar-refractivity contribution is 5.98. The summed E-state index contributed by atoms with van der Waals surface area (Å²) in [7, 11) is 0. The summed E-state index contributed by atoms with van der Waals surface area (Å²) in [5, 5.41) is 3.04. The first kappa shape index (κ1) is 18.4. The number of hydrogen-bond donors (Lipinski definition) is 1. The first-order chi connectivity index (χ1) is 12.4. The highest BCUT2D eigenvalue weighted by Crippen LogP contribution is 2.29. The van der Waals surface area contributed by atoms with Crippen LogP contribution < -0.4 is 10.2 Å². The summed E-state index contributed by atoms with van der Waals surface area (Å²) in [5.74, 6) is 0.00771. The van der Waals surface area contributed by atoms with Gasteiger partial charge in [0.25, 0.3) is 5.91 Å². The maximum Gasteiger partial charge on any atom is 0.253 e. The van der Waals surface area contributed by atoms with Crippen LogP contribution in [0.3, 0.4) is 0 Å². The molecule has 6 nitrogen and oxygen atoms in total. The smallest absolute Gasteiger partial charge is 0.253 e. The zero-order valence-corrected chi connectivity index (χ0v) is 15.7. The molecule has 26 heavy (non-hydrogen) atoms. The predicted octanol–water partition coefficient (Wildman–Crippen LogP) is 1.97. The molecule has 0 bridgehead atoms. The molecule has 3 rings (SSSR count). The Bertz CT molecular complexity index is 729. The number of nitrogens with zero attached hydrogens (tertiary/aromatic N) is 2. The predicted molar refractivity (Wildman–Crippen MR) is 100 cm³/mol. The Morgan fingerprint density at radius 1 is 1.19 bits per heavy atom. The molecule has 6 heteroatoms. The number of fused-ring (bicyclic) bond motifs is 1. The number of hydrogen-bond acceptors (Lipinski definition) is 3. The molecule has 1 N–H and O–H groups in total. The van der Waals surface area contributed by atoms with Crippen LogP contribution in [0.15, 0.2) is 18.2 Å². The van der Waals surface area contributed by atoms with E-state index in [1.165, 1.54) is 0 Å². The minimum atomic E-state index is -0.0537. The summed E-state index contributed by atoms with van der Waals surface area (Å²) in [6, 6.07) is 5.61. The molecule has 0 saturated carbocycles. The fourth-order valence-corrected chi connectivity index (χ4v) is 3.69. The second kappa shape index (κ2) is 7.48. The third-order valence-corrected chi connectivity index (χ3v) is 5.18.